The predicted octanol–water partition coefficient (Wildman–Crippen LogP) is 2.31. The van der Waals surface area contributed by atoms with Gasteiger partial charge in [0, 0.05) is 36.3 Å². The van der Waals surface area contributed by atoms with Gasteiger partial charge >= 0.3 is 6.18 Å². The molecule has 1 heterocycles. The van der Waals surface area contributed by atoms with Crippen molar-refractivity contribution in [2.45, 2.75) is 6.18 Å². The second-order valence-corrected chi connectivity index (χ2v) is 5.59. The van der Waals surface area contributed by atoms with Crippen LogP contribution in [0.3, 0.4) is 0 Å². The monoisotopic (exact) mass is 365 g/mol. The quantitative estimate of drug-likeness (QED) is 0.863. The highest BCUT2D eigenvalue weighted by atomic mass is 79.9. The number of nitrogens with one attached hydrogen (secondary N) is 2. The normalized spacial score (nSPS) is 15.9. The fraction of sp³-hybridized carbons (Fsp3) is 0.462. The van der Waals surface area contributed by atoms with Crippen LogP contribution in [0.25, 0.3) is 0 Å². The summed E-state index contributed by atoms with van der Waals surface area (Å²) in [5.41, 5.74) is -0.876. The lowest BCUT2D eigenvalue weighted by Gasteiger charge is -2.27. The molecule has 4 nitrogen and oxygen atoms in total. The number of piperazine rings is 1. The molecule has 0 atom stereocenters. The molecule has 0 aliphatic carbocycles. The highest BCUT2D eigenvalue weighted by molar-refractivity contribution is 9.10. The van der Waals surface area contributed by atoms with E-state index in [9.17, 15) is 18.0 Å². The summed E-state index contributed by atoms with van der Waals surface area (Å²) < 4.78 is 39.2. The third-order valence-corrected chi connectivity index (χ3v) is 3.68. The molecule has 1 aromatic rings. The first-order valence-electron chi connectivity index (χ1n) is 6.47. The van der Waals surface area contributed by atoms with Crippen LogP contribution in [0, 0.1) is 0 Å². The van der Waals surface area contributed by atoms with Crippen molar-refractivity contribution >= 4 is 27.5 Å². The molecule has 0 unspecified atom stereocenters. The third kappa shape index (κ3) is 4.34. The molecular weight excluding hydrogens is 351 g/mol. The van der Waals surface area contributed by atoms with Crippen molar-refractivity contribution in [1.82, 2.24) is 10.2 Å². The Balaban J connectivity index is 2.05. The highest BCUT2D eigenvalue weighted by Crippen LogP contribution is 2.36. The topological polar surface area (TPSA) is 44.4 Å². The summed E-state index contributed by atoms with van der Waals surface area (Å²) in [6.07, 6.45) is -4.46. The van der Waals surface area contributed by atoms with Crippen LogP contribution in [0.2, 0.25) is 0 Å². The summed E-state index contributed by atoms with van der Waals surface area (Å²) >= 11 is 3.14. The van der Waals surface area contributed by atoms with Crippen LogP contribution in [-0.2, 0) is 11.0 Å². The number of rotatable bonds is 3. The van der Waals surface area contributed by atoms with E-state index in [4.69, 9.17) is 0 Å². The van der Waals surface area contributed by atoms with Gasteiger partial charge in [0.1, 0.15) is 0 Å². The molecule has 1 aliphatic heterocycles. The van der Waals surface area contributed by atoms with Crippen LogP contribution in [-0.4, -0.2) is 43.5 Å². The van der Waals surface area contributed by atoms with Crippen LogP contribution < -0.4 is 10.6 Å². The number of benzene rings is 1. The maximum Gasteiger partial charge on any atom is 0.418 e. The third-order valence-electron chi connectivity index (χ3n) is 3.19. The fourth-order valence-corrected chi connectivity index (χ4v) is 2.47. The van der Waals surface area contributed by atoms with Gasteiger partial charge in [-0.25, -0.2) is 0 Å². The van der Waals surface area contributed by atoms with Crippen molar-refractivity contribution in [3.05, 3.63) is 28.2 Å². The van der Waals surface area contributed by atoms with Gasteiger partial charge in [-0.05, 0) is 18.2 Å². The Hall–Kier alpha value is -1.28. The highest BCUT2D eigenvalue weighted by Gasteiger charge is 2.33. The molecule has 21 heavy (non-hydrogen) atoms. The first-order chi connectivity index (χ1) is 9.88. The average Bonchev–Trinajstić information content (AvgIpc) is 2.44. The van der Waals surface area contributed by atoms with E-state index < -0.39 is 11.7 Å². The SMILES string of the molecule is O=C(CNc1cc(Br)ccc1C(F)(F)F)N1CCNCC1. The van der Waals surface area contributed by atoms with Gasteiger partial charge < -0.3 is 15.5 Å². The van der Waals surface area contributed by atoms with Gasteiger partial charge in [-0.15, -0.1) is 0 Å². The van der Waals surface area contributed by atoms with Gasteiger partial charge in [-0.3, -0.25) is 4.79 Å². The van der Waals surface area contributed by atoms with Crippen LogP contribution >= 0.6 is 15.9 Å². The van der Waals surface area contributed by atoms with E-state index in [0.29, 0.717) is 30.7 Å². The molecule has 0 saturated carbocycles. The molecule has 0 aromatic heterocycles. The number of hydrogen-bond acceptors (Lipinski definition) is 3. The zero-order chi connectivity index (χ0) is 15.5. The Morgan fingerprint density at radius 3 is 2.62 bits per heavy atom. The molecule has 1 aliphatic rings. The first-order valence-corrected chi connectivity index (χ1v) is 7.26. The largest absolute Gasteiger partial charge is 0.418 e. The summed E-state index contributed by atoms with van der Waals surface area (Å²) in [6, 6.07) is 3.64. The number of alkyl halides is 3. The molecule has 1 fully saturated rings. The Kier molecular flexibility index (Phi) is 5.10. The second-order valence-electron chi connectivity index (χ2n) is 4.67. The van der Waals surface area contributed by atoms with Crippen molar-refractivity contribution < 1.29 is 18.0 Å². The van der Waals surface area contributed by atoms with Gasteiger partial charge in [-0.2, -0.15) is 13.2 Å². The Bertz CT molecular complexity index is 516. The van der Waals surface area contributed by atoms with Gasteiger partial charge in [0.15, 0.2) is 0 Å². The molecule has 1 aromatic carbocycles. The zero-order valence-corrected chi connectivity index (χ0v) is 12.7. The summed E-state index contributed by atoms with van der Waals surface area (Å²) in [4.78, 5) is 13.6. The van der Waals surface area contributed by atoms with Crippen molar-refractivity contribution in [2.24, 2.45) is 0 Å². The van der Waals surface area contributed by atoms with Crippen molar-refractivity contribution in [3.8, 4) is 0 Å². The summed E-state index contributed by atoms with van der Waals surface area (Å²) in [6.45, 7) is 2.41. The lowest BCUT2D eigenvalue weighted by molar-refractivity contribution is -0.137. The van der Waals surface area contributed by atoms with E-state index in [2.05, 4.69) is 26.6 Å². The van der Waals surface area contributed by atoms with Crippen molar-refractivity contribution in [1.29, 1.82) is 0 Å². The summed E-state index contributed by atoms with van der Waals surface area (Å²) in [5.74, 6) is -0.204. The summed E-state index contributed by atoms with van der Waals surface area (Å²) in [7, 11) is 0. The lowest BCUT2D eigenvalue weighted by Crippen LogP contribution is -2.48. The number of carbonyl (C=O) groups is 1. The number of halogens is 4. The van der Waals surface area contributed by atoms with E-state index in [1.807, 2.05) is 0 Å². The molecule has 116 valence electrons. The van der Waals surface area contributed by atoms with Crippen LogP contribution in [0.1, 0.15) is 5.56 Å². The Morgan fingerprint density at radius 2 is 2.00 bits per heavy atom. The van der Waals surface area contributed by atoms with Crippen LogP contribution in [0.5, 0.6) is 0 Å². The molecule has 1 amide bonds. The molecule has 2 rings (SSSR count). The minimum absolute atomic E-state index is 0.0969. The Labute approximate surface area is 128 Å². The van der Waals surface area contributed by atoms with E-state index in [1.54, 1.807) is 4.90 Å². The van der Waals surface area contributed by atoms with Gasteiger partial charge in [0.2, 0.25) is 5.91 Å². The average molecular weight is 366 g/mol. The molecule has 0 radical (unpaired) electrons. The molecular formula is C13H15BrF3N3O. The smallest absolute Gasteiger partial charge is 0.376 e. The van der Waals surface area contributed by atoms with E-state index in [1.165, 1.54) is 12.1 Å². The maximum absolute atomic E-state index is 12.9. The number of anilines is 1. The van der Waals surface area contributed by atoms with Crippen LogP contribution in [0.15, 0.2) is 22.7 Å². The minimum atomic E-state index is -4.46. The predicted molar refractivity (Wildman–Crippen MR) is 77.1 cm³/mol. The van der Waals surface area contributed by atoms with E-state index in [-0.39, 0.29) is 18.1 Å². The van der Waals surface area contributed by atoms with E-state index >= 15 is 0 Å². The first kappa shape index (κ1) is 16.1. The molecule has 1 saturated heterocycles. The fourth-order valence-electron chi connectivity index (χ4n) is 2.11. The second kappa shape index (κ2) is 6.65. The maximum atomic E-state index is 12.9. The lowest BCUT2D eigenvalue weighted by atomic mass is 10.1. The molecule has 0 spiro atoms. The standard InChI is InChI=1S/C13H15BrF3N3O/c14-9-1-2-10(13(15,16)17)11(7-9)19-8-12(21)20-5-3-18-4-6-20/h1-2,7,18-19H,3-6,8H2. The number of carbonyl (C=O) groups excluding carboxylic acids is 1. The van der Waals surface area contributed by atoms with Gasteiger partial charge in [0.05, 0.1) is 12.1 Å². The van der Waals surface area contributed by atoms with Gasteiger partial charge in [-0.1, -0.05) is 15.9 Å². The zero-order valence-electron chi connectivity index (χ0n) is 11.1. The van der Waals surface area contributed by atoms with Crippen molar-refractivity contribution in [3.63, 3.8) is 0 Å². The molecule has 2 N–H and O–H groups in total. The molecule has 0 bridgehead atoms. The number of hydrogen-bond donors (Lipinski definition) is 2. The van der Waals surface area contributed by atoms with Gasteiger partial charge in [0.25, 0.3) is 0 Å². The Morgan fingerprint density at radius 1 is 1.33 bits per heavy atom. The van der Waals surface area contributed by atoms with Crippen molar-refractivity contribution in [2.75, 3.05) is 38.0 Å². The van der Waals surface area contributed by atoms with E-state index in [0.717, 1.165) is 6.07 Å². The molecule has 8 heteroatoms. The van der Waals surface area contributed by atoms with Crippen LogP contribution in [0.4, 0.5) is 18.9 Å². The number of amides is 1. The minimum Gasteiger partial charge on any atom is -0.376 e. The summed E-state index contributed by atoms with van der Waals surface area (Å²) in [5, 5.41) is 5.71. The number of nitrogens with zero attached hydrogens (tertiary/aromatic N) is 1.